The smallest absolute Gasteiger partial charge is 0.244 e. The highest BCUT2D eigenvalue weighted by Crippen LogP contribution is 2.18. The first-order valence-corrected chi connectivity index (χ1v) is 6.40. The Balaban J connectivity index is 3.12. The molecule has 1 aromatic heterocycles. The summed E-state index contributed by atoms with van der Waals surface area (Å²) in [6, 6.07) is 1.46. The largest absolute Gasteiger partial charge is 0.395 e. The Hall–Kier alpha value is -0.690. The van der Waals surface area contributed by atoms with Crippen molar-refractivity contribution in [3.63, 3.8) is 0 Å². The van der Waals surface area contributed by atoms with E-state index in [0.717, 1.165) is 4.31 Å². The predicted molar refractivity (Wildman–Crippen MR) is 60.9 cm³/mol. The highest BCUT2D eigenvalue weighted by molar-refractivity contribution is 7.89. The lowest BCUT2D eigenvalue weighted by Crippen LogP contribution is -2.29. The normalized spacial score (nSPS) is 12.1. The fraction of sp³-hybridized carbons (Fsp3) is 0.444. The van der Waals surface area contributed by atoms with Gasteiger partial charge in [0.15, 0.2) is 0 Å². The molecule has 5 nitrogen and oxygen atoms in total. The minimum absolute atomic E-state index is 0.0456. The SMILES string of the molecule is Cc1cc(S(=O)(=O)N(C)CCO)cnc1Cl. The average Bonchev–Trinajstić information content (AvgIpc) is 2.22. The number of hydrogen-bond donors (Lipinski definition) is 1. The van der Waals surface area contributed by atoms with Gasteiger partial charge in [-0.2, -0.15) is 4.31 Å². The van der Waals surface area contributed by atoms with E-state index in [1.165, 1.54) is 19.3 Å². The molecule has 0 aromatic carbocycles. The van der Waals surface area contributed by atoms with Crippen LogP contribution in [0.2, 0.25) is 5.15 Å². The highest BCUT2D eigenvalue weighted by Gasteiger charge is 2.21. The van der Waals surface area contributed by atoms with Crippen LogP contribution in [0.15, 0.2) is 17.2 Å². The van der Waals surface area contributed by atoms with Crippen LogP contribution in [0, 0.1) is 6.92 Å². The molecule has 1 rings (SSSR count). The highest BCUT2D eigenvalue weighted by atomic mass is 35.5. The monoisotopic (exact) mass is 264 g/mol. The minimum Gasteiger partial charge on any atom is -0.395 e. The molecule has 7 heteroatoms. The van der Waals surface area contributed by atoms with Crippen LogP contribution < -0.4 is 0 Å². The molecular weight excluding hydrogens is 252 g/mol. The molecule has 0 aliphatic rings. The third-order valence-electron chi connectivity index (χ3n) is 2.11. The molecule has 1 heterocycles. The standard InChI is InChI=1S/C9H13ClN2O3S/c1-7-5-8(6-11-9(7)10)16(14,15)12(2)3-4-13/h5-6,13H,3-4H2,1-2H3. The summed E-state index contributed by atoms with van der Waals surface area (Å²) in [7, 11) is -2.19. The number of rotatable bonds is 4. The summed E-state index contributed by atoms with van der Waals surface area (Å²) in [4.78, 5) is 3.86. The minimum atomic E-state index is -3.59. The second kappa shape index (κ2) is 5.09. The first kappa shape index (κ1) is 13.4. The fourth-order valence-electron chi connectivity index (χ4n) is 1.11. The number of aryl methyl sites for hydroxylation is 1. The van der Waals surface area contributed by atoms with E-state index in [2.05, 4.69) is 4.98 Å². The van der Waals surface area contributed by atoms with Crippen molar-refractivity contribution in [2.24, 2.45) is 0 Å². The fourth-order valence-corrected chi connectivity index (χ4v) is 2.41. The topological polar surface area (TPSA) is 70.5 Å². The lowest BCUT2D eigenvalue weighted by Gasteiger charge is -2.15. The molecule has 0 radical (unpaired) electrons. The third kappa shape index (κ3) is 2.70. The van der Waals surface area contributed by atoms with Crippen LogP contribution in [0.25, 0.3) is 0 Å². The Morgan fingerprint density at radius 3 is 2.69 bits per heavy atom. The Morgan fingerprint density at radius 2 is 2.19 bits per heavy atom. The second-order valence-corrected chi connectivity index (χ2v) is 5.73. The molecule has 0 atom stereocenters. The van der Waals surface area contributed by atoms with Crippen LogP contribution in [-0.2, 0) is 10.0 Å². The summed E-state index contributed by atoms with van der Waals surface area (Å²) in [5, 5.41) is 8.98. The number of nitrogens with zero attached hydrogens (tertiary/aromatic N) is 2. The van der Waals surface area contributed by atoms with Crippen molar-refractivity contribution in [2.45, 2.75) is 11.8 Å². The number of aliphatic hydroxyl groups excluding tert-OH is 1. The number of halogens is 1. The molecule has 0 fully saturated rings. The Kier molecular flexibility index (Phi) is 4.26. The van der Waals surface area contributed by atoms with Gasteiger partial charge in [-0.25, -0.2) is 13.4 Å². The lowest BCUT2D eigenvalue weighted by atomic mass is 10.3. The summed E-state index contributed by atoms with van der Waals surface area (Å²) in [5.74, 6) is 0. The molecule has 0 aliphatic carbocycles. The van der Waals surface area contributed by atoms with Gasteiger partial charge < -0.3 is 5.11 Å². The number of likely N-dealkylation sites (N-methyl/N-ethyl adjacent to an activating group) is 1. The van der Waals surface area contributed by atoms with Gasteiger partial charge in [-0.15, -0.1) is 0 Å². The number of sulfonamides is 1. The molecule has 0 spiro atoms. The zero-order chi connectivity index (χ0) is 12.3. The Bertz CT molecular complexity index is 476. The molecule has 0 bridgehead atoms. The summed E-state index contributed by atoms with van der Waals surface area (Å²) < 4.78 is 24.9. The van der Waals surface area contributed by atoms with Gasteiger partial charge in [0.1, 0.15) is 10.0 Å². The van der Waals surface area contributed by atoms with Gasteiger partial charge in [-0.05, 0) is 18.6 Å². The van der Waals surface area contributed by atoms with Crippen molar-refractivity contribution in [1.82, 2.24) is 9.29 Å². The second-order valence-electron chi connectivity index (χ2n) is 3.33. The van der Waals surface area contributed by atoms with E-state index in [9.17, 15) is 8.42 Å². The molecule has 0 unspecified atom stereocenters. The number of hydrogen-bond acceptors (Lipinski definition) is 4. The maximum Gasteiger partial charge on any atom is 0.244 e. The van der Waals surface area contributed by atoms with Gasteiger partial charge in [0, 0.05) is 19.8 Å². The molecule has 1 N–H and O–H groups in total. The number of aliphatic hydroxyl groups is 1. The van der Waals surface area contributed by atoms with Crippen LogP contribution in [0.4, 0.5) is 0 Å². The van der Waals surface area contributed by atoms with Crippen molar-refractivity contribution in [1.29, 1.82) is 0 Å². The number of aromatic nitrogens is 1. The molecule has 0 amide bonds. The van der Waals surface area contributed by atoms with Gasteiger partial charge in [0.05, 0.1) is 6.61 Å². The summed E-state index contributed by atoms with van der Waals surface area (Å²) in [5.41, 5.74) is 0.597. The van der Waals surface area contributed by atoms with Crippen LogP contribution >= 0.6 is 11.6 Å². The van der Waals surface area contributed by atoms with Gasteiger partial charge in [0.2, 0.25) is 10.0 Å². The zero-order valence-corrected chi connectivity index (χ0v) is 10.6. The van der Waals surface area contributed by atoms with Gasteiger partial charge in [-0.1, -0.05) is 11.6 Å². The van der Waals surface area contributed by atoms with Crippen LogP contribution in [0.1, 0.15) is 5.56 Å². The molecular formula is C9H13ClN2O3S. The number of pyridine rings is 1. The van der Waals surface area contributed by atoms with E-state index in [0.29, 0.717) is 5.56 Å². The Labute approximate surface area is 99.7 Å². The molecule has 90 valence electrons. The van der Waals surface area contributed by atoms with Gasteiger partial charge >= 0.3 is 0 Å². The Morgan fingerprint density at radius 1 is 1.56 bits per heavy atom. The summed E-state index contributed by atoms with van der Waals surface area (Å²) >= 11 is 5.71. The molecule has 0 saturated heterocycles. The van der Waals surface area contributed by atoms with E-state index < -0.39 is 10.0 Å². The van der Waals surface area contributed by atoms with Crippen LogP contribution in [0.3, 0.4) is 0 Å². The molecule has 0 aliphatic heterocycles. The van der Waals surface area contributed by atoms with E-state index >= 15 is 0 Å². The van der Waals surface area contributed by atoms with Crippen molar-refractivity contribution in [3.05, 3.63) is 23.0 Å². The van der Waals surface area contributed by atoms with Crippen molar-refractivity contribution in [2.75, 3.05) is 20.2 Å². The van der Waals surface area contributed by atoms with Crippen molar-refractivity contribution < 1.29 is 13.5 Å². The maximum atomic E-state index is 11.9. The van der Waals surface area contributed by atoms with Gasteiger partial charge in [-0.3, -0.25) is 0 Å². The van der Waals surface area contributed by atoms with Gasteiger partial charge in [0.25, 0.3) is 0 Å². The third-order valence-corrected chi connectivity index (χ3v) is 4.33. The zero-order valence-electron chi connectivity index (χ0n) is 9.01. The maximum absolute atomic E-state index is 11.9. The average molecular weight is 265 g/mol. The molecule has 0 saturated carbocycles. The molecule has 16 heavy (non-hydrogen) atoms. The molecule has 1 aromatic rings. The van der Waals surface area contributed by atoms with Crippen LogP contribution in [0.5, 0.6) is 0 Å². The first-order chi connectivity index (χ1) is 7.39. The van der Waals surface area contributed by atoms with Crippen LogP contribution in [-0.4, -0.2) is 43.0 Å². The van der Waals surface area contributed by atoms with E-state index in [4.69, 9.17) is 16.7 Å². The predicted octanol–water partition coefficient (Wildman–Crippen LogP) is 0.656. The van der Waals surface area contributed by atoms with Crippen molar-refractivity contribution >= 4 is 21.6 Å². The van der Waals surface area contributed by atoms with E-state index in [1.54, 1.807) is 6.92 Å². The lowest BCUT2D eigenvalue weighted by molar-refractivity contribution is 0.266. The summed E-state index contributed by atoms with van der Waals surface area (Å²) in [6.07, 6.45) is 1.21. The quantitative estimate of drug-likeness (QED) is 0.811. The van der Waals surface area contributed by atoms with Crippen molar-refractivity contribution in [3.8, 4) is 0 Å². The first-order valence-electron chi connectivity index (χ1n) is 4.59. The summed E-state index contributed by atoms with van der Waals surface area (Å²) in [6.45, 7) is 1.50. The van der Waals surface area contributed by atoms with E-state index in [1.807, 2.05) is 0 Å². The van der Waals surface area contributed by atoms with E-state index in [-0.39, 0.29) is 23.2 Å².